The van der Waals surface area contributed by atoms with Gasteiger partial charge >= 0.3 is 0 Å². The molecule has 0 atom stereocenters. The van der Waals surface area contributed by atoms with Gasteiger partial charge in [0.2, 0.25) is 0 Å². The SMILES string of the molecule is CCCCOc1ccc(C(=O)Cl)c(Cl)c1. The van der Waals surface area contributed by atoms with E-state index in [1.54, 1.807) is 18.2 Å². The van der Waals surface area contributed by atoms with Crippen LogP contribution in [0.2, 0.25) is 5.02 Å². The van der Waals surface area contributed by atoms with Crippen LogP contribution in [0.4, 0.5) is 0 Å². The molecule has 15 heavy (non-hydrogen) atoms. The van der Waals surface area contributed by atoms with Gasteiger partial charge in [0.05, 0.1) is 17.2 Å². The highest BCUT2D eigenvalue weighted by Gasteiger charge is 2.08. The maximum absolute atomic E-state index is 10.9. The largest absolute Gasteiger partial charge is 0.494 e. The molecular weight excluding hydrogens is 235 g/mol. The average Bonchev–Trinajstić information content (AvgIpc) is 2.17. The highest BCUT2D eigenvalue weighted by molar-refractivity contribution is 6.68. The average molecular weight is 247 g/mol. The zero-order valence-corrected chi connectivity index (χ0v) is 9.94. The third kappa shape index (κ3) is 3.73. The first-order valence-corrected chi connectivity index (χ1v) is 5.53. The Morgan fingerprint density at radius 2 is 2.20 bits per heavy atom. The Morgan fingerprint density at radius 3 is 2.73 bits per heavy atom. The first-order chi connectivity index (χ1) is 7.15. The molecule has 0 saturated carbocycles. The van der Waals surface area contributed by atoms with Crippen molar-refractivity contribution >= 4 is 28.4 Å². The van der Waals surface area contributed by atoms with Crippen molar-refractivity contribution in [2.24, 2.45) is 0 Å². The number of hydrogen-bond donors (Lipinski definition) is 0. The van der Waals surface area contributed by atoms with Gasteiger partial charge in [0, 0.05) is 0 Å². The maximum Gasteiger partial charge on any atom is 0.253 e. The third-order valence-electron chi connectivity index (χ3n) is 1.92. The minimum atomic E-state index is -0.555. The van der Waals surface area contributed by atoms with Crippen LogP contribution in [-0.4, -0.2) is 11.8 Å². The summed E-state index contributed by atoms with van der Waals surface area (Å²) in [5, 5.41) is -0.232. The van der Waals surface area contributed by atoms with Crippen molar-refractivity contribution in [1.29, 1.82) is 0 Å². The van der Waals surface area contributed by atoms with Crippen LogP contribution in [0, 0.1) is 0 Å². The van der Waals surface area contributed by atoms with Crippen molar-refractivity contribution in [3.05, 3.63) is 28.8 Å². The van der Waals surface area contributed by atoms with E-state index in [9.17, 15) is 4.79 Å². The normalized spacial score (nSPS) is 10.1. The lowest BCUT2D eigenvalue weighted by Crippen LogP contribution is -1.97. The number of ether oxygens (including phenoxy) is 1. The molecule has 0 heterocycles. The molecule has 82 valence electrons. The van der Waals surface area contributed by atoms with Crippen molar-refractivity contribution in [3.8, 4) is 5.75 Å². The summed E-state index contributed by atoms with van der Waals surface area (Å²) in [6.45, 7) is 2.74. The summed E-state index contributed by atoms with van der Waals surface area (Å²) in [6.07, 6.45) is 2.07. The molecule has 0 amide bonds. The summed E-state index contributed by atoms with van der Waals surface area (Å²) in [7, 11) is 0. The second-order valence-electron chi connectivity index (χ2n) is 3.12. The van der Waals surface area contributed by atoms with Crippen LogP contribution in [0.25, 0.3) is 0 Å². The number of carbonyl (C=O) groups excluding carboxylic acids is 1. The van der Waals surface area contributed by atoms with Gasteiger partial charge in [0.1, 0.15) is 5.75 Å². The van der Waals surface area contributed by atoms with E-state index in [1.807, 2.05) is 0 Å². The van der Waals surface area contributed by atoms with Gasteiger partial charge in [-0.3, -0.25) is 4.79 Å². The number of hydrogen-bond acceptors (Lipinski definition) is 2. The van der Waals surface area contributed by atoms with Crippen molar-refractivity contribution in [3.63, 3.8) is 0 Å². The summed E-state index contributed by atoms with van der Waals surface area (Å²) >= 11 is 11.2. The van der Waals surface area contributed by atoms with Gasteiger partial charge in [-0.1, -0.05) is 24.9 Å². The molecule has 0 N–H and O–H groups in total. The Balaban J connectivity index is 2.69. The smallest absolute Gasteiger partial charge is 0.253 e. The second kappa shape index (κ2) is 5.99. The molecule has 0 radical (unpaired) electrons. The lowest BCUT2D eigenvalue weighted by atomic mass is 10.2. The number of rotatable bonds is 5. The monoisotopic (exact) mass is 246 g/mol. The highest BCUT2D eigenvalue weighted by atomic mass is 35.5. The van der Waals surface area contributed by atoms with Crippen LogP contribution in [0.15, 0.2) is 18.2 Å². The van der Waals surface area contributed by atoms with Crippen molar-refractivity contribution in [1.82, 2.24) is 0 Å². The summed E-state index contributed by atoms with van der Waals surface area (Å²) in [6, 6.07) is 4.86. The topological polar surface area (TPSA) is 26.3 Å². The van der Waals surface area contributed by atoms with Gasteiger partial charge in [-0.25, -0.2) is 0 Å². The van der Waals surface area contributed by atoms with Crippen LogP contribution in [0.3, 0.4) is 0 Å². The lowest BCUT2D eigenvalue weighted by Gasteiger charge is -2.06. The maximum atomic E-state index is 10.9. The fourth-order valence-corrected chi connectivity index (χ4v) is 1.55. The highest BCUT2D eigenvalue weighted by Crippen LogP contribution is 2.23. The van der Waals surface area contributed by atoms with E-state index in [2.05, 4.69) is 6.92 Å². The second-order valence-corrected chi connectivity index (χ2v) is 3.87. The molecule has 0 aliphatic rings. The van der Waals surface area contributed by atoms with Gasteiger partial charge in [-0.05, 0) is 36.2 Å². The molecule has 2 nitrogen and oxygen atoms in total. The zero-order chi connectivity index (χ0) is 11.3. The molecule has 0 spiro atoms. The Hall–Kier alpha value is -0.730. The molecule has 0 bridgehead atoms. The molecule has 0 aliphatic carbocycles. The number of halogens is 2. The van der Waals surface area contributed by atoms with E-state index in [1.165, 1.54) is 0 Å². The summed E-state index contributed by atoms with van der Waals surface area (Å²) in [5.41, 5.74) is 0.307. The standard InChI is InChI=1S/C11H12Cl2O2/c1-2-3-6-15-8-4-5-9(11(13)14)10(12)7-8/h4-5,7H,2-3,6H2,1H3. The van der Waals surface area contributed by atoms with Gasteiger partial charge in [-0.2, -0.15) is 0 Å². The van der Waals surface area contributed by atoms with E-state index in [0.29, 0.717) is 22.9 Å². The minimum Gasteiger partial charge on any atom is -0.494 e. The Morgan fingerprint density at radius 1 is 1.47 bits per heavy atom. The molecule has 0 aliphatic heterocycles. The van der Waals surface area contributed by atoms with Gasteiger partial charge in [0.25, 0.3) is 5.24 Å². The van der Waals surface area contributed by atoms with Crippen molar-refractivity contribution in [2.75, 3.05) is 6.61 Å². The molecule has 4 heteroatoms. The Labute approximate surface area is 99.1 Å². The summed E-state index contributed by atoms with van der Waals surface area (Å²) in [5.74, 6) is 0.662. The fraction of sp³-hybridized carbons (Fsp3) is 0.364. The van der Waals surface area contributed by atoms with Gasteiger partial charge in [-0.15, -0.1) is 0 Å². The van der Waals surface area contributed by atoms with E-state index >= 15 is 0 Å². The molecule has 0 unspecified atom stereocenters. The van der Waals surface area contributed by atoms with Crippen LogP contribution in [0.1, 0.15) is 30.1 Å². The molecule has 0 saturated heterocycles. The quantitative estimate of drug-likeness (QED) is 0.582. The molecule has 1 rings (SSSR count). The first kappa shape index (κ1) is 12.3. The van der Waals surface area contributed by atoms with E-state index < -0.39 is 5.24 Å². The molecule has 1 aromatic rings. The number of benzene rings is 1. The van der Waals surface area contributed by atoms with Crippen molar-refractivity contribution < 1.29 is 9.53 Å². The summed E-state index contributed by atoms with van der Waals surface area (Å²) < 4.78 is 5.42. The first-order valence-electron chi connectivity index (χ1n) is 4.77. The van der Waals surface area contributed by atoms with Crippen LogP contribution < -0.4 is 4.74 Å². The van der Waals surface area contributed by atoms with E-state index in [-0.39, 0.29) is 0 Å². The molecule has 0 fully saturated rings. The molecule has 0 aromatic heterocycles. The lowest BCUT2D eigenvalue weighted by molar-refractivity contribution is 0.108. The predicted molar refractivity (Wildman–Crippen MR) is 62.0 cm³/mol. The third-order valence-corrected chi connectivity index (χ3v) is 2.44. The summed E-state index contributed by atoms with van der Waals surface area (Å²) in [4.78, 5) is 10.9. The fourth-order valence-electron chi connectivity index (χ4n) is 1.08. The zero-order valence-electron chi connectivity index (χ0n) is 8.43. The Kier molecular flexibility index (Phi) is 4.92. The molecular formula is C11H12Cl2O2. The predicted octanol–water partition coefficient (Wildman–Crippen LogP) is 3.90. The van der Waals surface area contributed by atoms with E-state index in [0.717, 1.165) is 12.8 Å². The van der Waals surface area contributed by atoms with Crippen LogP contribution in [0.5, 0.6) is 5.75 Å². The van der Waals surface area contributed by atoms with Gasteiger partial charge in [0.15, 0.2) is 0 Å². The van der Waals surface area contributed by atoms with Crippen LogP contribution >= 0.6 is 23.2 Å². The molecule has 1 aromatic carbocycles. The minimum absolute atomic E-state index is 0.307. The number of unbranched alkanes of at least 4 members (excludes halogenated alkanes) is 1. The number of carbonyl (C=O) groups is 1. The van der Waals surface area contributed by atoms with Gasteiger partial charge < -0.3 is 4.74 Å². The van der Waals surface area contributed by atoms with Crippen LogP contribution in [-0.2, 0) is 0 Å². The van der Waals surface area contributed by atoms with E-state index in [4.69, 9.17) is 27.9 Å². The van der Waals surface area contributed by atoms with Crippen molar-refractivity contribution in [2.45, 2.75) is 19.8 Å². The Bertz CT molecular complexity index is 350.